The van der Waals surface area contributed by atoms with Crippen molar-refractivity contribution in [2.45, 2.75) is 52.7 Å². The summed E-state index contributed by atoms with van der Waals surface area (Å²) in [5.41, 5.74) is 7.49. The Kier molecular flexibility index (Phi) is 6.23. The van der Waals surface area contributed by atoms with E-state index < -0.39 is 0 Å². The molecule has 2 aromatic heterocycles. The van der Waals surface area contributed by atoms with Crippen LogP contribution in [-0.4, -0.2) is 35.5 Å². The molecule has 7 nitrogen and oxygen atoms in total. The van der Waals surface area contributed by atoms with Crippen LogP contribution in [0.4, 0.5) is 0 Å². The van der Waals surface area contributed by atoms with Crippen molar-refractivity contribution in [3.05, 3.63) is 71.0 Å². The van der Waals surface area contributed by atoms with Crippen LogP contribution in [0.15, 0.2) is 48.5 Å². The van der Waals surface area contributed by atoms with Crippen molar-refractivity contribution in [1.29, 1.82) is 0 Å². The van der Waals surface area contributed by atoms with Crippen LogP contribution in [0, 0.1) is 0 Å². The quantitative estimate of drug-likeness (QED) is 0.446. The Morgan fingerprint density at radius 2 is 1.77 bits per heavy atom. The minimum atomic E-state index is 0.000897. The molecule has 4 aromatic rings. The second kappa shape index (κ2) is 9.22. The monoisotopic (exact) mass is 416 g/mol. The van der Waals surface area contributed by atoms with Gasteiger partial charge in [0, 0.05) is 23.6 Å². The van der Waals surface area contributed by atoms with Crippen LogP contribution < -0.4 is 0 Å². The maximum Gasteiger partial charge on any atom is 0.180 e. The molecule has 31 heavy (non-hydrogen) atoms. The molecule has 0 saturated heterocycles. The fourth-order valence-electron chi connectivity index (χ4n) is 4.01. The average Bonchev–Trinajstić information content (AvgIpc) is 3.43. The zero-order valence-electron chi connectivity index (χ0n) is 18.2. The molecular formula is C24H28N6O. The maximum absolute atomic E-state index is 10.0. The van der Waals surface area contributed by atoms with E-state index in [-0.39, 0.29) is 12.6 Å². The van der Waals surface area contributed by atoms with Crippen molar-refractivity contribution >= 4 is 0 Å². The number of hydrogen-bond acceptors (Lipinski definition) is 5. The first-order valence-corrected chi connectivity index (χ1v) is 10.7. The zero-order valence-corrected chi connectivity index (χ0v) is 18.2. The van der Waals surface area contributed by atoms with Crippen LogP contribution in [-0.2, 0) is 19.4 Å². The van der Waals surface area contributed by atoms with Gasteiger partial charge >= 0.3 is 0 Å². The number of benzene rings is 2. The van der Waals surface area contributed by atoms with E-state index in [0.717, 1.165) is 52.9 Å². The third-order valence-electron chi connectivity index (χ3n) is 5.50. The van der Waals surface area contributed by atoms with Gasteiger partial charge in [0.1, 0.15) is 0 Å². The molecule has 0 amide bonds. The van der Waals surface area contributed by atoms with Crippen molar-refractivity contribution in [2.75, 3.05) is 0 Å². The molecule has 0 aliphatic rings. The first-order valence-electron chi connectivity index (χ1n) is 10.7. The van der Waals surface area contributed by atoms with E-state index in [1.807, 2.05) is 22.9 Å². The summed E-state index contributed by atoms with van der Waals surface area (Å²) in [7, 11) is 0. The average molecular weight is 417 g/mol. The second-order valence-corrected chi connectivity index (χ2v) is 7.99. The maximum atomic E-state index is 10.0. The van der Waals surface area contributed by atoms with Gasteiger partial charge in [-0.2, -0.15) is 5.10 Å². The van der Waals surface area contributed by atoms with Crippen molar-refractivity contribution in [1.82, 2.24) is 30.4 Å². The summed E-state index contributed by atoms with van der Waals surface area (Å²) < 4.78 is 1.97. The van der Waals surface area contributed by atoms with Crippen LogP contribution in [0.1, 0.15) is 55.7 Å². The van der Waals surface area contributed by atoms with E-state index in [4.69, 9.17) is 5.10 Å². The largest absolute Gasteiger partial charge is 0.390 e. The number of aliphatic hydroxyl groups is 1. The lowest BCUT2D eigenvalue weighted by atomic mass is 9.96. The summed E-state index contributed by atoms with van der Waals surface area (Å²) in [5, 5.41) is 29.1. The number of H-pyrrole nitrogens is 1. The number of aliphatic hydroxyl groups excluding tert-OH is 1. The van der Waals surface area contributed by atoms with E-state index in [1.165, 1.54) is 5.56 Å². The molecule has 0 spiro atoms. The molecule has 0 radical (unpaired) electrons. The van der Waals surface area contributed by atoms with Gasteiger partial charge in [-0.15, -0.1) is 5.10 Å². The highest BCUT2D eigenvalue weighted by atomic mass is 16.3. The number of nitrogens with one attached hydrogen (secondary N) is 1. The standard InChI is InChI=1S/C24H28N6O/c1-4-7-22-21(23(15-31)30(27-22)16(2)3)14-17-10-12-18(13-11-17)19-8-5-6-9-20(19)24-25-28-29-26-24/h5-6,8-13,16,31H,4,7,14-15H2,1-3H3,(H,25,26,28,29). The summed E-state index contributed by atoms with van der Waals surface area (Å²) in [5.74, 6) is 0.651. The van der Waals surface area contributed by atoms with Gasteiger partial charge in [-0.1, -0.05) is 61.9 Å². The van der Waals surface area contributed by atoms with E-state index >= 15 is 0 Å². The van der Waals surface area contributed by atoms with Crippen LogP contribution >= 0.6 is 0 Å². The summed E-state index contributed by atoms with van der Waals surface area (Å²) in [4.78, 5) is 0. The number of tetrazole rings is 1. The minimum absolute atomic E-state index is 0.000897. The van der Waals surface area contributed by atoms with Crippen molar-refractivity contribution in [2.24, 2.45) is 0 Å². The lowest BCUT2D eigenvalue weighted by Gasteiger charge is -2.11. The summed E-state index contributed by atoms with van der Waals surface area (Å²) >= 11 is 0. The van der Waals surface area contributed by atoms with E-state index in [1.54, 1.807) is 0 Å². The third-order valence-corrected chi connectivity index (χ3v) is 5.50. The van der Waals surface area contributed by atoms with Crippen LogP contribution in [0.3, 0.4) is 0 Å². The molecule has 0 saturated carbocycles. The Morgan fingerprint density at radius 1 is 1.03 bits per heavy atom. The Hall–Kier alpha value is -3.32. The molecule has 4 rings (SSSR count). The molecule has 0 atom stereocenters. The highest BCUT2D eigenvalue weighted by Crippen LogP contribution is 2.30. The van der Waals surface area contributed by atoms with Gasteiger partial charge < -0.3 is 5.11 Å². The molecule has 2 aromatic carbocycles. The molecule has 0 aliphatic carbocycles. The lowest BCUT2D eigenvalue weighted by Crippen LogP contribution is -2.08. The topological polar surface area (TPSA) is 92.5 Å². The molecule has 7 heteroatoms. The molecular weight excluding hydrogens is 388 g/mol. The Balaban J connectivity index is 1.65. The first-order chi connectivity index (χ1) is 15.1. The Labute approximate surface area is 182 Å². The third kappa shape index (κ3) is 4.27. The number of hydrogen-bond donors (Lipinski definition) is 2. The fraction of sp³-hybridized carbons (Fsp3) is 0.333. The van der Waals surface area contributed by atoms with Crippen LogP contribution in [0.2, 0.25) is 0 Å². The van der Waals surface area contributed by atoms with Crippen molar-refractivity contribution in [3.63, 3.8) is 0 Å². The number of rotatable bonds is 8. The molecule has 0 fully saturated rings. The van der Waals surface area contributed by atoms with Gasteiger partial charge in [0.05, 0.1) is 18.0 Å². The first kappa shape index (κ1) is 20.9. The van der Waals surface area contributed by atoms with E-state index in [0.29, 0.717) is 5.82 Å². The van der Waals surface area contributed by atoms with Crippen molar-refractivity contribution in [3.8, 4) is 22.5 Å². The van der Waals surface area contributed by atoms with E-state index in [9.17, 15) is 5.11 Å². The Bertz CT molecular complexity index is 1130. The highest BCUT2D eigenvalue weighted by Gasteiger charge is 2.19. The number of aromatic nitrogens is 6. The molecule has 160 valence electrons. The highest BCUT2D eigenvalue weighted by molar-refractivity contribution is 5.80. The summed E-state index contributed by atoms with van der Waals surface area (Å²) in [6.07, 6.45) is 2.70. The van der Waals surface area contributed by atoms with Gasteiger partial charge in [-0.25, -0.2) is 5.10 Å². The summed E-state index contributed by atoms with van der Waals surface area (Å²) in [6.45, 7) is 6.36. The van der Waals surface area contributed by atoms with Gasteiger partial charge in [0.25, 0.3) is 0 Å². The van der Waals surface area contributed by atoms with Crippen LogP contribution in [0.25, 0.3) is 22.5 Å². The van der Waals surface area contributed by atoms with Gasteiger partial charge in [-0.05, 0) is 47.4 Å². The normalized spacial score (nSPS) is 11.4. The molecule has 2 N–H and O–H groups in total. The minimum Gasteiger partial charge on any atom is -0.390 e. The van der Waals surface area contributed by atoms with Crippen molar-refractivity contribution < 1.29 is 5.11 Å². The molecule has 2 heterocycles. The zero-order chi connectivity index (χ0) is 21.8. The number of aryl methyl sites for hydroxylation is 1. The predicted octanol–water partition coefficient (Wildman–Crippen LogP) is 4.35. The molecule has 0 bridgehead atoms. The molecule has 0 unspecified atom stereocenters. The molecule has 0 aliphatic heterocycles. The smallest absolute Gasteiger partial charge is 0.180 e. The van der Waals surface area contributed by atoms with Crippen LogP contribution in [0.5, 0.6) is 0 Å². The van der Waals surface area contributed by atoms with Gasteiger partial charge in [0.2, 0.25) is 0 Å². The number of nitrogens with zero attached hydrogens (tertiary/aromatic N) is 5. The SMILES string of the molecule is CCCc1nn(C(C)C)c(CO)c1Cc1ccc(-c2ccccc2-c2nnn[nH]2)cc1. The van der Waals surface area contributed by atoms with Gasteiger partial charge in [-0.3, -0.25) is 4.68 Å². The second-order valence-electron chi connectivity index (χ2n) is 7.99. The Morgan fingerprint density at radius 3 is 2.39 bits per heavy atom. The fourth-order valence-corrected chi connectivity index (χ4v) is 4.01. The predicted molar refractivity (Wildman–Crippen MR) is 120 cm³/mol. The van der Waals surface area contributed by atoms with E-state index in [2.05, 4.69) is 71.7 Å². The number of aromatic amines is 1. The summed E-state index contributed by atoms with van der Waals surface area (Å²) in [6, 6.07) is 16.8. The lowest BCUT2D eigenvalue weighted by molar-refractivity contribution is 0.263. The van der Waals surface area contributed by atoms with Gasteiger partial charge in [0.15, 0.2) is 5.82 Å².